The van der Waals surface area contributed by atoms with Gasteiger partial charge in [-0.25, -0.2) is 0 Å². The predicted molar refractivity (Wildman–Crippen MR) is 117 cm³/mol. The number of phenols is 1. The summed E-state index contributed by atoms with van der Waals surface area (Å²) in [6.07, 6.45) is 3.98. The lowest BCUT2D eigenvalue weighted by Crippen LogP contribution is -2.76. The van der Waals surface area contributed by atoms with Crippen LogP contribution in [0.15, 0.2) is 18.2 Å². The summed E-state index contributed by atoms with van der Waals surface area (Å²) in [7, 11) is 3.67. The van der Waals surface area contributed by atoms with Gasteiger partial charge < -0.3 is 25.5 Å². The lowest BCUT2D eigenvalue weighted by Gasteiger charge is -2.65. The molecule has 3 aliphatic carbocycles. The molecule has 3 fully saturated rings. The molecule has 1 aliphatic heterocycles. The van der Waals surface area contributed by atoms with Gasteiger partial charge in [-0.2, -0.15) is 0 Å². The van der Waals surface area contributed by atoms with Gasteiger partial charge in [-0.15, -0.1) is 0 Å². The number of benzene rings is 1. The Morgan fingerprint density at radius 3 is 2.77 bits per heavy atom. The first-order valence-electron chi connectivity index (χ1n) is 11.6. The SMILES string of the molecule is CN(C)CC(=O)N[C@H]1C[C@@]2(O)[C@H]3Cc4ccc(O)cc4[C@@]2(CCN3CC2CC2)C[C@@H]1O. The van der Waals surface area contributed by atoms with E-state index in [1.807, 2.05) is 20.2 Å². The zero-order chi connectivity index (χ0) is 22.0. The van der Waals surface area contributed by atoms with E-state index in [2.05, 4.69) is 10.2 Å². The second-order valence-corrected chi connectivity index (χ2v) is 10.6. The molecule has 4 aliphatic rings. The van der Waals surface area contributed by atoms with Crippen molar-refractivity contribution in [2.45, 2.75) is 67.7 Å². The van der Waals surface area contributed by atoms with Gasteiger partial charge >= 0.3 is 0 Å². The van der Waals surface area contributed by atoms with E-state index in [9.17, 15) is 20.1 Å². The van der Waals surface area contributed by atoms with Gasteiger partial charge in [0.05, 0.1) is 24.3 Å². The standard InChI is InChI=1S/C24H35N3O4/c1-26(2)14-22(30)25-19-11-24(31)21-9-16-5-6-17(28)10-18(16)23(24,12-20(19)29)7-8-27(21)13-15-3-4-15/h5-6,10,15,19-21,28-29,31H,3-4,7-9,11-14H2,1-2H3,(H,25,30)/t19-,20-,21+,23+,24+/m0/s1. The van der Waals surface area contributed by atoms with Crippen molar-refractivity contribution in [3.05, 3.63) is 29.3 Å². The lowest BCUT2D eigenvalue weighted by atomic mass is 9.48. The van der Waals surface area contributed by atoms with Crippen LogP contribution in [0.3, 0.4) is 0 Å². The molecule has 2 bridgehead atoms. The summed E-state index contributed by atoms with van der Waals surface area (Å²) in [6, 6.07) is 4.99. The second kappa shape index (κ2) is 7.44. The third-order valence-electron chi connectivity index (χ3n) is 8.22. The molecule has 7 nitrogen and oxygen atoms in total. The highest BCUT2D eigenvalue weighted by Gasteiger charge is 2.66. The van der Waals surface area contributed by atoms with Crippen molar-refractivity contribution >= 4 is 5.91 Å². The molecule has 0 radical (unpaired) electrons. The van der Waals surface area contributed by atoms with E-state index in [-0.39, 0.29) is 24.2 Å². The Morgan fingerprint density at radius 2 is 2.06 bits per heavy atom. The molecule has 0 aromatic heterocycles. The summed E-state index contributed by atoms with van der Waals surface area (Å²) in [6.45, 7) is 2.15. The molecule has 1 aromatic rings. The number of phenolic OH excluding ortho intramolecular Hbond substituents is 1. The summed E-state index contributed by atoms with van der Waals surface area (Å²) in [5, 5.41) is 36.7. The number of aliphatic hydroxyl groups excluding tert-OH is 1. The number of likely N-dealkylation sites (tertiary alicyclic amines) is 1. The van der Waals surface area contributed by atoms with E-state index < -0.39 is 23.2 Å². The normalized spacial score (nSPS) is 37.3. The number of fused-ring (bicyclic) bond motifs is 1. The third-order valence-corrected chi connectivity index (χ3v) is 8.22. The summed E-state index contributed by atoms with van der Waals surface area (Å²) in [4.78, 5) is 16.7. The molecule has 0 unspecified atom stereocenters. The smallest absolute Gasteiger partial charge is 0.234 e. The monoisotopic (exact) mass is 429 g/mol. The maximum absolute atomic E-state index is 12.4. The Hall–Kier alpha value is -1.67. The van der Waals surface area contributed by atoms with Crippen LogP contribution in [0.2, 0.25) is 0 Å². The van der Waals surface area contributed by atoms with Crippen molar-refractivity contribution in [3.8, 4) is 5.75 Å². The minimum absolute atomic E-state index is 0.0420. The zero-order valence-corrected chi connectivity index (χ0v) is 18.5. The highest BCUT2D eigenvalue weighted by Crippen LogP contribution is 2.58. The number of carbonyl (C=O) groups excluding carboxylic acids is 1. The maximum atomic E-state index is 12.4. The van der Waals surface area contributed by atoms with E-state index in [0.29, 0.717) is 12.8 Å². The molecule has 1 amide bonds. The predicted octanol–water partition coefficient (Wildman–Crippen LogP) is 0.603. The van der Waals surface area contributed by atoms with Crippen LogP contribution < -0.4 is 5.32 Å². The molecule has 1 aromatic carbocycles. The van der Waals surface area contributed by atoms with E-state index >= 15 is 0 Å². The fourth-order valence-electron chi connectivity index (χ4n) is 6.62. The summed E-state index contributed by atoms with van der Waals surface area (Å²) in [5.74, 6) is 0.787. The van der Waals surface area contributed by atoms with Crippen molar-refractivity contribution in [2.75, 3.05) is 33.7 Å². The molecule has 5 rings (SSSR count). The van der Waals surface area contributed by atoms with Crippen LogP contribution >= 0.6 is 0 Å². The first kappa shape index (κ1) is 21.2. The fourth-order valence-corrected chi connectivity index (χ4v) is 6.62. The van der Waals surface area contributed by atoms with Crippen LogP contribution in [0.5, 0.6) is 5.75 Å². The molecule has 170 valence electrons. The number of nitrogens with one attached hydrogen (secondary N) is 1. The van der Waals surface area contributed by atoms with E-state index in [4.69, 9.17) is 0 Å². The number of piperidine rings is 1. The average molecular weight is 430 g/mol. The average Bonchev–Trinajstić information content (AvgIpc) is 3.49. The molecule has 2 saturated carbocycles. The minimum Gasteiger partial charge on any atom is -0.508 e. The molecular formula is C24H35N3O4. The number of hydrogen-bond donors (Lipinski definition) is 4. The van der Waals surface area contributed by atoms with Gasteiger partial charge in [0.2, 0.25) is 5.91 Å². The Kier molecular flexibility index (Phi) is 5.09. The third kappa shape index (κ3) is 3.46. The van der Waals surface area contributed by atoms with Crippen molar-refractivity contribution in [1.82, 2.24) is 15.1 Å². The van der Waals surface area contributed by atoms with Crippen molar-refractivity contribution in [3.63, 3.8) is 0 Å². The van der Waals surface area contributed by atoms with Crippen LogP contribution in [0, 0.1) is 5.92 Å². The minimum atomic E-state index is -1.06. The first-order valence-corrected chi connectivity index (χ1v) is 11.6. The quantitative estimate of drug-likeness (QED) is 0.548. The number of hydrogen-bond acceptors (Lipinski definition) is 6. The number of carbonyl (C=O) groups is 1. The second-order valence-electron chi connectivity index (χ2n) is 10.6. The van der Waals surface area contributed by atoms with E-state index in [0.717, 1.165) is 43.0 Å². The number of aromatic hydroxyl groups is 1. The van der Waals surface area contributed by atoms with Crippen LogP contribution in [-0.4, -0.2) is 88.5 Å². The maximum Gasteiger partial charge on any atom is 0.234 e. The summed E-state index contributed by atoms with van der Waals surface area (Å²) >= 11 is 0. The van der Waals surface area contributed by atoms with E-state index in [1.54, 1.807) is 17.0 Å². The Labute approximate surface area is 184 Å². The van der Waals surface area contributed by atoms with Crippen molar-refractivity contribution in [2.24, 2.45) is 5.92 Å². The highest BCUT2D eigenvalue weighted by molar-refractivity contribution is 5.78. The number of aliphatic hydroxyl groups is 2. The van der Waals surface area contributed by atoms with Gasteiger partial charge in [-0.3, -0.25) is 9.69 Å². The largest absolute Gasteiger partial charge is 0.508 e. The lowest BCUT2D eigenvalue weighted by molar-refractivity contribution is -0.190. The number of amides is 1. The molecule has 1 heterocycles. The van der Waals surface area contributed by atoms with Crippen molar-refractivity contribution < 1.29 is 20.1 Å². The topological polar surface area (TPSA) is 96.3 Å². The Balaban J connectivity index is 1.52. The van der Waals surface area contributed by atoms with Gasteiger partial charge in [0.1, 0.15) is 5.75 Å². The molecule has 4 N–H and O–H groups in total. The molecule has 5 atom stereocenters. The zero-order valence-electron chi connectivity index (χ0n) is 18.5. The molecular weight excluding hydrogens is 394 g/mol. The van der Waals surface area contributed by atoms with E-state index in [1.165, 1.54) is 12.8 Å². The summed E-state index contributed by atoms with van der Waals surface area (Å²) < 4.78 is 0. The van der Waals surface area contributed by atoms with Gasteiger partial charge in [-0.1, -0.05) is 6.07 Å². The Bertz CT molecular complexity index is 872. The highest BCUT2D eigenvalue weighted by atomic mass is 16.3. The van der Waals surface area contributed by atoms with Crippen LogP contribution in [0.1, 0.15) is 43.2 Å². The van der Waals surface area contributed by atoms with Gasteiger partial charge in [-0.05, 0) is 81.9 Å². The first-order chi connectivity index (χ1) is 14.7. The number of nitrogens with zero attached hydrogens (tertiary/aromatic N) is 2. The fraction of sp³-hybridized carbons (Fsp3) is 0.708. The molecule has 1 saturated heterocycles. The number of rotatable bonds is 5. The van der Waals surface area contributed by atoms with Gasteiger partial charge in [0.15, 0.2) is 0 Å². The van der Waals surface area contributed by atoms with Crippen LogP contribution in [-0.2, 0) is 16.6 Å². The van der Waals surface area contributed by atoms with Crippen LogP contribution in [0.25, 0.3) is 0 Å². The molecule has 0 spiro atoms. The number of likely N-dealkylation sites (N-methyl/N-ethyl adjacent to an activating group) is 1. The van der Waals surface area contributed by atoms with Crippen molar-refractivity contribution in [1.29, 1.82) is 0 Å². The summed E-state index contributed by atoms with van der Waals surface area (Å²) in [5.41, 5.74) is 0.479. The molecule has 31 heavy (non-hydrogen) atoms. The Morgan fingerprint density at radius 1 is 1.29 bits per heavy atom. The molecule has 7 heteroatoms. The van der Waals surface area contributed by atoms with Gasteiger partial charge in [0, 0.05) is 24.4 Å². The van der Waals surface area contributed by atoms with Crippen LogP contribution in [0.4, 0.5) is 0 Å². The van der Waals surface area contributed by atoms with Gasteiger partial charge in [0.25, 0.3) is 0 Å².